The Kier molecular flexibility index (Phi) is 9.65. The Morgan fingerprint density at radius 2 is 1.67 bits per heavy atom. The number of carbonyl (C=O) groups excluding carboxylic acids is 1. The van der Waals surface area contributed by atoms with Crippen molar-refractivity contribution in [2.24, 2.45) is 0 Å². The van der Waals surface area contributed by atoms with E-state index < -0.39 is 0 Å². The minimum absolute atomic E-state index is 0.0209. The molecule has 0 aromatic rings. The standard InChI is InChI=1S/C13H26O2/c1-4-6-8-10-12(3)15-13(14)11-9-7-5-2/h12H,4-11H2,1-3H3/t12-/m1/s1. The molecule has 0 aromatic carbocycles. The molecule has 1 atom stereocenters. The SMILES string of the molecule is CCCCCC(=O)O[C@H](C)CCCCC. The summed E-state index contributed by atoms with van der Waals surface area (Å²) in [5.41, 5.74) is 0. The van der Waals surface area contributed by atoms with Crippen molar-refractivity contribution in [1.29, 1.82) is 0 Å². The van der Waals surface area contributed by atoms with Gasteiger partial charge in [-0.2, -0.15) is 0 Å². The first kappa shape index (κ1) is 14.5. The number of carbonyl (C=O) groups is 1. The largest absolute Gasteiger partial charge is 0.463 e. The summed E-state index contributed by atoms with van der Waals surface area (Å²) in [7, 11) is 0. The van der Waals surface area contributed by atoms with Crippen LogP contribution in [-0.4, -0.2) is 12.1 Å². The van der Waals surface area contributed by atoms with Gasteiger partial charge in [-0.1, -0.05) is 39.5 Å². The van der Waals surface area contributed by atoms with E-state index in [1.165, 1.54) is 19.3 Å². The third kappa shape index (κ3) is 9.77. The highest BCUT2D eigenvalue weighted by atomic mass is 16.5. The summed E-state index contributed by atoms with van der Waals surface area (Å²) in [4.78, 5) is 11.3. The molecule has 0 aliphatic heterocycles. The van der Waals surface area contributed by atoms with Crippen molar-refractivity contribution in [1.82, 2.24) is 0 Å². The van der Waals surface area contributed by atoms with Gasteiger partial charge in [0.15, 0.2) is 0 Å². The second-order valence-electron chi connectivity index (χ2n) is 4.25. The monoisotopic (exact) mass is 214 g/mol. The normalized spacial score (nSPS) is 12.5. The maximum absolute atomic E-state index is 11.3. The number of hydrogen-bond donors (Lipinski definition) is 0. The molecule has 0 bridgehead atoms. The summed E-state index contributed by atoms with van der Waals surface area (Å²) >= 11 is 0. The van der Waals surface area contributed by atoms with Crippen molar-refractivity contribution in [2.45, 2.75) is 78.2 Å². The van der Waals surface area contributed by atoms with Gasteiger partial charge >= 0.3 is 5.97 Å². The van der Waals surface area contributed by atoms with E-state index in [-0.39, 0.29) is 12.1 Å². The Balaban J connectivity index is 3.40. The van der Waals surface area contributed by atoms with Gasteiger partial charge in [-0.3, -0.25) is 4.79 Å². The third-order valence-corrected chi connectivity index (χ3v) is 2.53. The zero-order valence-corrected chi connectivity index (χ0v) is 10.6. The highest BCUT2D eigenvalue weighted by Crippen LogP contribution is 2.08. The Hall–Kier alpha value is -0.530. The number of rotatable bonds is 9. The van der Waals surface area contributed by atoms with Crippen LogP contribution in [0.25, 0.3) is 0 Å². The van der Waals surface area contributed by atoms with Gasteiger partial charge in [-0.15, -0.1) is 0 Å². The molecule has 15 heavy (non-hydrogen) atoms. The van der Waals surface area contributed by atoms with E-state index in [2.05, 4.69) is 13.8 Å². The molecule has 2 nitrogen and oxygen atoms in total. The van der Waals surface area contributed by atoms with Crippen LogP contribution in [-0.2, 0) is 9.53 Å². The van der Waals surface area contributed by atoms with E-state index in [0.29, 0.717) is 6.42 Å². The fourth-order valence-electron chi connectivity index (χ4n) is 1.54. The molecule has 0 rings (SSSR count). The maximum Gasteiger partial charge on any atom is 0.306 e. The molecular formula is C13H26O2. The van der Waals surface area contributed by atoms with Crippen LogP contribution < -0.4 is 0 Å². The van der Waals surface area contributed by atoms with Crippen LogP contribution in [0.1, 0.15) is 72.1 Å². The summed E-state index contributed by atoms with van der Waals surface area (Å²) in [5.74, 6) is -0.0209. The first-order valence-corrected chi connectivity index (χ1v) is 6.40. The van der Waals surface area contributed by atoms with E-state index >= 15 is 0 Å². The fourth-order valence-corrected chi connectivity index (χ4v) is 1.54. The molecule has 0 aliphatic carbocycles. The van der Waals surface area contributed by atoms with Gasteiger partial charge in [0.2, 0.25) is 0 Å². The lowest BCUT2D eigenvalue weighted by atomic mass is 10.1. The average Bonchev–Trinajstić information content (AvgIpc) is 2.18. The quantitative estimate of drug-likeness (QED) is 0.427. The summed E-state index contributed by atoms with van der Waals surface area (Å²) < 4.78 is 5.30. The smallest absolute Gasteiger partial charge is 0.306 e. The molecular weight excluding hydrogens is 188 g/mol. The lowest BCUT2D eigenvalue weighted by molar-refractivity contribution is -0.148. The van der Waals surface area contributed by atoms with E-state index in [9.17, 15) is 4.79 Å². The molecule has 0 aliphatic rings. The van der Waals surface area contributed by atoms with Gasteiger partial charge in [0.25, 0.3) is 0 Å². The summed E-state index contributed by atoms with van der Waals surface area (Å²) in [5, 5.41) is 0. The number of unbranched alkanes of at least 4 members (excludes halogenated alkanes) is 4. The minimum Gasteiger partial charge on any atom is -0.463 e. The Bertz CT molecular complexity index is 155. The summed E-state index contributed by atoms with van der Waals surface area (Å²) in [6, 6.07) is 0. The Morgan fingerprint density at radius 1 is 1.07 bits per heavy atom. The topological polar surface area (TPSA) is 26.3 Å². The van der Waals surface area contributed by atoms with Crippen molar-refractivity contribution < 1.29 is 9.53 Å². The zero-order chi connectivity index (χ0) is 11.5. The summed E-state index contributed by atoms with van der Waals surface area (Å²) in [6.07, 6.45) is 8.56. The average molecular weight is 214 g/mol. The van der Waals surface area contributed by atoms with Gasteiger partial charge in [-0.05, 0) is 26.2 Å². The molecule has 90 valence electrons. The van der Waals surface area contributed by atoms with Crippen LogP contribution in [0.5, 0.6) is 0 Å². The molecule has 0 spiro atoms. The van der Waals surface area contributed by atoms with Crippen molar-refractivity contribution in [2.75, 3.05) is 0 Å². The molecule has 0 amide bonds. The second kappa shape index (κ2) is 10.0. The lowest BCUT2D eigenvalue weighted by Gasteiger charge is -2.12. The van der Waals surface area contributed by atoms with Crippen molar-refractivity contribution in [3.8, 4) is 0 Å². The molecule has 0 N–H and O–H groups in total. The van der Waals surface area contributed by atoms with Crippen LogP contribution in [0, 0.1) is 0 Å². The van der Waals surface area contributed by atoms with Gasteiger partial charge in [0, 0.05) is 6.42 Å². The summed E-state index contributed by atoms with van der Waals surface area (Å²) in [6.45, 7) is 6.31. The highest BCUT2D eigenvalue weighted by molar-refractivity contribution is 5.69. The molecule has 0 saturated carbocycles. The lowest BCUT2D eigenvalue weighted by Crippen LogP contribution is -2.14. The molecule has 0 fully saturated rings. The van der Waals surface area contributed by atoms with E-state index in [0.717, 1.165) is 25.7 Å². The van der Waals surface area contributed by atoms with Gasteiger partial charge in [0.05, 0.1) is 6.10 Å². The van der Waals surface area contributed by atoms with E-state index in [4.69, 9.17) is 4.74 Å². The zero-order valence-electron chi connectivity index (χ0n) is 10.6. The number of ether oxygens (including phenoxy) is 1. The molecule has 0 saturated heterocycles. The third-order valence-electron chi connectivity index (χ3n) is 2.53. The van der Waals surface area contributed by atoms with Crippen LogP contribution in [0.3, 0.4) is 0 Å². The molecule has 2 heteroatoms. The van der Waals surface area contributed by atoms with E-state index in [1.807, 2.05) is 6.92 Å². The van der Waals surface area contributed by atoms with E-state index in [1.54, 1.807) is 0 Å². The van der Waals surface area contributed by atoms with Crippen molar-refractivity contribution >= 4 is 5.97 Å². The maximum atomic E-state index is 11.3. The van der Waals surface area contributed by atoms with Crippen molar-refractivity contribution in [3.05, 3.63) is 0 Å². The van der Waals surface area contributed by atoms with Gasteiger partial charge in [0.1, 0.15) is 0 Å². The van der Waals surface area contributed by atoms with Crippen LogP contribution in [0.4, 0.5) is 0 Å². The highest BCUT2D eigenvalue weighted by Gasteiger charge is 2.08. The fraction of sp³-hybridized carbons (Fsp3) is 0.923. The molecule has 0 unspecified atom stereocenters. The van der Waals surface area contributed by atoms with Crippen LogP contribution in [0.2, 0.25) is 0 Å². The van der Waals surface area contributed by atoms with Crippen molar-refractivity contribution in [3.63, 3.8) is 0 Å². The first-order chi connectivity index (χ1) is 7.20. The molecule has 0 heterocycles. The van der Waals surface area contributed by atoms with Gasteiger partial charge in [-0.25, -0.2) is 0 Å². The predicted octanol–water partition coefficient (Wildman–Crippen LogP) is 4.08. The number of esters is 1. The number of hydrogen-bond acceptors (Lipinski definition) is 2. The Morgan fingerprint density at radius 3 is 2.27 bits per heavy atom. The minimum atomic E-state index is -0.0209. The predicted molar refractivity (Wildman–Crippen MR) is 63.8 cm³/mol. The molecule has 0 aromatic heterocycles. The second-order valence-corrected chi connectivity index (χ2v) is 4.25. The van der Waals surface area contributed by atoms with Crippen LogP contribution >= 0.6 is 0 Å². The Labute approximate surface area is 94.4 Å². The van der Waals surface area contributed by atoms with Gasteiger partial charge < -0.3 is 4.74 Å². The van der Waals surface area contributed by atoms with Crippen LogP contribution in [0.15, 0.2) is 0 Å². The first-order valence-electron chi connectivity index (χ1n) is 6.40. The molecule has 0 radical (unpaired) electrons.